The average Bonchev–Trinajstić information content (AvgIpc) is 2.68. The van der Waals surface area contributed by atoms with Crippen molar-refractivity contribution in [3.63, 3.8) is 0 Å². The van der Waals surface area contributed by atoms with E-state index in [1.54, 1.807) is 24.4 Å². The van der Waals surface area contributed by atoms with Gasteiger partial charge in [-0.25, -0.2) is 9.48 Å². The third-order valence-corrected chi connectivity index (χ3v) is 4.91. The zero-order valence-corrected chi connectivity index (χ0v) is 17.8. The van der Waals surface area contributed by atoms with Gasteiger partial charge in [0.15, 0.2) is 0 Å². The topological polar surface area (TPSA) is 93.4 Å². The Kier molecular flexibility index (Phi) is 8.50. The van der Waals surface area contributed by atoms with Crippen molar-refractivity contribution in [2.75, 3.05) is 18.5 Å². The maximum atomic E-state index is 12.2. The van der Waals surface area contributed by atoms with E-state index in [1.807, 2.05) is 13.8 Å². The van der Waals surface area contributed by atoms with Gasteiger partial charge < -0.3 is 15.2 Å². The molecule has 152 valence electrons. The van der Waals surface area contributed by atoms with E-state index in [-0.39, 0.29) is 11.1 Å². The molecule has 2 N–H and O–H groups in total. The number of aromatic nitrogens is 2. The Morgan fingerprint density at radius 1 is 1.32 bits per heavy atom. The molecule has 0 saturated heterocycles. The first-order chi connectivity index (χ1) is 13.5. The van der Waals surface area contributed by atoms with Crippen LogP contribution in [0.4, 0.5) is 5.69 Å². The fourth-order valence-corrected chi connectivity index (χ4v) is 3.20. The van der Waals surface area contributed by atoms with Gasteiger partial charge in [-0.05, 0) is 59.0 Å². The van der Waals surface area contributed by atoms with Gasteiger partial charge >= 0.3 is 5.97 Å². The van der Waals surface area contributed by atoms with E-state index < -0.39 is 5.97 Å². The van der Waals surface area contributed by atoms with E-state index >= 15 is 0 Å². The Morgan fingerprint density at radius 2 is 2.11 bits per heavy atom. The van der Waals surface area contributed by atoms with Crippen LogP contribution >= 0.6 is 15.9 Å². The maximum absolute atomic E-state index is 12.2. The van der Waals surface area contributed by atoms with Crippen LogP contribution in [0.2, 0.25) is 0 Å². The van der Waals surface area contributed by atoms with Gasteiger partial charge in [-0.2, -0.15) is 5.10 Å². The van der Waals surface area contributed by atoms with Crippen LogP contribution in [0.1, 0.15) is 49.0 Å². The van der Waals surface area contributed by atoms with E-state index in [2.05, 4.69) is 26.3 Å². The summed E-state index contributed by atoms with van der Waals surface area (Å²) in [5.74, 6) is -0.218. The number of ether oxygens (including phenoxy) is 1. The van der Waals surface area contributed by atoms with Crippen molar-refractivity contribution in [2.24, 2.45) is 0 Å². The van der Waals surface area contributed by atoms with Crippen LogP contribution in [0.3, 0.4) is 0 Å². The molecule has 0 aliphatic rings. The molecule has 2 aromatic rings. The number of benzene rings is 1. The summed E-state index contributed by atoms with van der Waals surface area (Å²) in [4.78, 5) is 23.3. The number of aryl methyl sites for hydroxylation is 2. The van der Waals surface area contributed by atoms with Crippen LogP contribution in [-0.2, 0) is 13.0 Å². The lowest BCUT2D eigenvalue weighted by Crippen LogP contribution is -2.24. The minimum atomic E-state index is -0.937. The van der Waals surface area contributed by atoms with Gasteiger partial charge in [0.05, 0.1) is 24.1 Å². The lowest BCUT2D eigenvalue weighted by atomic mass is 10.1. The van der Waals surface area contributed by atoms with Crippen LogP contribution in [0.5, 0.6) is 5.75 Å². The molecule has 0 unspecified atom stereocenters. The third kappa shape index (κ3) is 5.82. The first kappa shape index (κ1) is 21.9. The van der Waals surface area contributed by atoms with E-state index in [0.717, 1.165) is 37.0 Å². The maximum Gasteiger partial charge on any atom is 0.335 e. The second kappa shape index (κ2) is 10.8. The second-order valence-corrected chi connectivity index (χ2v) is 7.20. The lowest BCUT2D eigenvalue weighted by Gasteiger charge is -2.13. The number of carboxylic acids is 1. The van der Waals surface area contributed by atoms with Gasteiger partial charge in [0.2, 0.25) is 0 Å². The van der Waals surface area contributed by atoms with E-state index in [0.29, 0.717) is 29.9 Å². The number of carbonyl (C=O) groups is 1. The number of carboxylic acid groups (broad SMARTS) is 1. The molecule has 0 aliphatic carbocycles. The zero-order chi connectivity index (χ0) is 20.5. The number of hydrogen-bond acceptors (Lipinski definition) is 5. The molecular weight excluding hydrogens is 426 g/mol. The first-order valence-electron chi connectivity index (χ1n) is 9.46. The Balaban J connectivity index is 1.89. The summed E-state index contributed by atoms with van der Waals surface area (Å²) in [7, 11) is 0. The minimum absolute atomic E-state index is 0.147. The molecule has 7 nitrogen and oxygen atoms in total. The van der Waals surface area contributed by atoms with Gasteiger partial charge in [0.1, 0.15) is 10.2 Å². The van der Waals surface area contributed by atoms with Gasteiger partial charge in [0.25, 0.3) is 5.56 Å². The molecule has 0 saturated carbocycles. The van der Waals surface area contributed by atoms with Crippen molar-refractivity contribution in [3.05, 3.63) is 50.3 Å². The number of hydrogen-bond donors (Lipinski definition) is 2. The number of nitrogens with one attached hydrogen (secondary N) is 1. The first-order valence-corrected chi connectivity index (χ1v) is 10.3. The quantitative estimate of drug-likeness (QED) is 0.502. The van der Waals surface area contributed by atoms with Crippen molar-refractivity contribution in [2.45, 2.75) is 46.1 Å². The summed E-state index contributed by atoms with van der Waals surface area (Å²) in [6.45, 7) is 5.73. The summed E-state index contributed by atoms with van der Waals surface area (Å²) in [6, 6.07) is 4.95. The molecular formula is C20H26BrN3O4. The summed E-state index contributed by atoms with van der Waals surface area (Å²) < 4.78 is 7.76. The summed E-state index contributed by atoms with van der Waals surface area (Å²) in [6.07, 6.45) is 4.88. The molecule has 0 radical (unpaired) electrons. The highest BCUT2D eigenvalue weighted by molar-refractivity contribution is 9.10. The molecule has 0 aliphatic heterocycles. The molecule has 0 bridgehead atoms. The monoisotopic (exact) mass is 451 g/mol. The molecule has 8 heteroatoms. The standard InChI is InChI=1S/C20H26BrN3O4/c1-3-6-14-12-15(20(26)27)7-8-17(14)28-11-5-9-22-16-13-23-24(10-4-2)19(25)18(16)21/h7-8,12-13,22H,3-6,9-11H2,1-2H3,(H,26,27). The van der Waals surface area contributed by atoms with Gasteiger partial charge in [-0.15, -0.1) is 0 Å². The van der Waals surface area contributed by atoms with Crippen molar-refractivity contribution in [3.8, 4) is 5.75 Å². The molecule has 28 heavy (non-hydrogen) atoms. The molecule has 0 atom stereocenters. The number of halogens is 1. The number of nitrogens with zero attached hydrogens (tertiary/aromatic N) is 2. The van der Waals surface area contributed by atoms with Crippen LogP contribution in [0.25, 0.3) is 0 Å². The smallest absolute Gasteiger partial charge is 0.335 e. The van der Waals surface area contributed by atoms with E-state index in [4.69, 9.17) is 9.84 Å². The Morgan fingerprint density at radius 3 is 2.79 bits per heavy atom. The highest BCUT2D eigenvalue weighted by Crippen LogP contribution is 2.22. The van der Waals surface area contributed by atoms with Crippen molar-refractivity contribution in [1.82, 2.24) is 9.78 Å². The van der Waals surface area contributed by atoms with Crippen molar-refractivity contribution >= 4 is 27.6 Å². The van der Waals surface area contributed by atoms with Gasteiger partial charge in [-0.1, -0.05) is 20.3 Å². The highest BCUT2D eigenvalue weighted by atomic mass is 79.9. The van der Waals surface area contributed by atoms with Crippen LogP contribution in [0, 0.1) is 0 Å². The summed E-state index contributed by atoms with van der Waals surface area (Å²) in [5, 5.41) is 16.5. The van der Waals surface area contributed by atoms with Gasteiger partial charge in [0, 0.05) is 13.1 Å². The van der Waals surface area contributed by atoms with E-state index in [1.165, 1.54) is 4.68 Å². The normalized spacial score (nSPS) is 10.7. The van der Waals surface area contributed by atoms with Crippen molar-refractivity contribution in [1.29, 1.82) is 0 Å². The molecule has 1 heterocycles. The largest absolute Gasteiger partial charge is 0.493 e. The molecule has 0 spiro atoms. The zero-order valence-electron chi connectivity index (χ0n) is 16.2. The fraction of sp³-hybridized carbons (Fsp3) is 0.450. The molecule has 0 amide bonds. The van der Waals surface area contributed by atoms with Gasteiger partial charge in [-0.3, -0.25) is 4.79 Å². The Bertz CT molecular complexity index is 867. The Labute approximate surface area is 172 Å². The minimum Gasteiger partial charge on any atom is -0.493 e. The van der Waals surface area contributed by atoms with Crippen LogP contribution < -0.4 is 15.6 Å². The van der Waals surface area contributed by atoms with Crippen LogP contribution in [-0.4, -0.2) is 34.0 Å². The fourth-order valence-electron chi connectivity index (χ4n) is 2.75. The lowest BCUT2D eigenvalue weighted by molar-refractivity contribution is 0.0696. The molecule has 1 aromatic carbocycles. The van der Waals surface area contributed by atoms with Crippen molar-refractivity contribution < 1.29 is 14.6 Å². The third-order valence-electron chi connectivity index (χ3n) is 4.14. The van der Waals surface area contributed by atoms with Crippen LogP contribution in [0.15, 0.2) is 33.7 Å². The number of aromatic carboxylic acids is 1. The second-order valence-electron chi connectivity index (χ2n) is 6.41. The highest BCUT2D eigenvalue weighted by Gasteiger charge is 2.10. The molecule has 0 fully saturated rings. The number of rotatable bonds is 11. The van der Waals surface area contributed by atoms with E-state index in [9.17, 15) is 9.59 Å². The SMILES string of the molecule is CCCc1cc(C(=O)O)ccc1OCCCNc1cnn(CCC)c(=O)c1Br. The molecule has 1 aromatic heterocycles. The predicted molar refractivity (Wildman–Crippen MR) is 112 cm³/mol. The summed E-state index contributed by atoms with van der Waals surface area (Å²) >= 11 is 3.34. The average molecular weight is 452 g/mol. The number of anilines is 1. The Hall–Kier alpha value is -2.35. The summed E-state index contributed by atoms with van der Waals surface area (Å²) in [5.41, 5.74) is 1.69. The molecule has 2 rings (SSSR count). The predicted octanol–water partition coefficient (Wildman–Crippen LogP) is 3.95.